The predicted octanol–water partition coefficient (Wildman–Crippen LogP) is 3.06. The minimum atomic E-state index is 0.252. The normalized spacial score (nSPS) is 12.6. The van der Waals surface area contributed by atoms with Crippen molar-refractivity contribution in [2.24, 2.45) is 0 Å². The first kappa shape index (κ1) is 12.0. The number of ether oxygens (including phenoxy) is 2. The zero-order chi connectivity index (χ0) is 14.1. The van der Waals surface area contributed by atoms with E-state index in [-0.39, 0.29) is 6.79 Å². The second-order valence-electron chi connectivity index (χ2n) is 4.73. The molecule has 0 radical (unpaired) electrons. The number of aromatic nitrogens is 2. The second kappa shape index (κ2) is 4.94. The van der Waals surface area contributed by atoms with Crippen LogP contribution in [0.3, 0.4) is 0 Å². The molecule has 3 aromatic rings. The SMILES string of the molecule is c1ccc(Cc2nnc(-c3ccc4c(c3)OCO4)o2)cc1. The Morgan fingerprint density at radius 3 is 2.67 bits per heavy atom. The van der Waals surface area contributed by atoms with E-state index in [2.05, 4.69) is 10.2 Å². The van der Waals surface area contributed by atoms with E-state index >= 15 is 0 Å². The molecule has 1 aliphatic heterocycles. The molecule has 0 spiro atoms. The fourth-order valence-electron chi connectivity index (χ4n) is 2.24. The Kier molecular flexibility index (Phi) is 2.81. The van der Waals surface area contributed by atoms with Gasteiger partial charge in [-0.1, -0.05) is 30.3 Å². The molecular formula is C16H12N2O3. The van der Waals surface area contributed by atoms with Crippen LogP contribution in [0.4, 0.5) is 0 Å². The quantitative estimate of drug-likeness (QED) is 0.738. The van der Waals surface area contributed by atoms with Crippen LogP contribution in [0.2, 0.25) is 0 Å². The molecule has 2 heterocycles. The Labute approximate surface area is 121 Å². The lowest BCUT2D eigenvalue weighted by molar-refractivity contribution is 0.174. The first-order valence-electron chi connectivity index (χ1n) is 6.65. The minimum absolute atomic E-state index is 0.252. The molecule has 0 bridgehead atoms. The number of hydrogen-bond donors (Lipinski definition) is 0. The number of nitrogens with zero attached hydrogens (tertiary/aromatic N) is 2. The van der Waals surface area contributed by atoms with E-state index in [0.29, 0.717) is 24.0 Å². The van der Waals surface area contributed by atoms with Crippen molar-refractivity contribution in [1.29, 1.82) is 0 Å². The summed E-state index contributed by atoms with van der Waals surface area (Å²) in [6.07, 6.45) is 0.623. The molecule has 0 amide bonds. The van der Waals surface area contributed by atoms with Gasteiger partial charge in [0.25, 0.3) is 0 Å². The van der Waals surface area contributed by atoms with Gasteiger partial charge in [-0.3, -0.25) is 0 Å². The van der Waals surface area contributed by atoms with E-state index in [0.717, 1.165) is 16.9 Å². The molecule has 5 heteroatoms. The third kappa shape index (κ3) is 2.33. The average Bonchev–Trinajstić information content (AvgIpc) is 3.16. The highest BCUT2D eigenvalue weighted by atomic mass is 16.7. The molecule has 5 nitrogen and oxygen atoms in total. The number of benzene rings is 2. The van der Waals surface area contributed by atoms with Crippen LogP contribution in [0.5, 0.6) is 11.5 Å². The summed E-state index contributed by atoms with van der Waals surface area (Å²) in [5, 5.41) is 8.19. The van der Waals surface area contributed by atoms with Gasteiger partial charge in [0, 0.05) is 5.56 Å². The molecule has 2 aromatic carbocycles. The van der Waals surface area contributed by atoms with Gasteiger partial charge in [0.2, 0.25) is 18.6 Å². The van der Waals surface area contributed by atoms with Crippen molar-refractivity contribution in [2.75, 3.05) is 6.79 Å². The van der Waals surface area contributed by atoms with E-state index in [1.54, 1.807) is 0 Å². The van der Waals surface area contributed by atoms with Crippen molar-refractivity contribution in [2.45, 2.75) is 6.42 Å². The summed E-state index contributed by atoms with van der Waals surface area (Å²) in [5.74, 6) is 2.52. The monoisotopic (exact) mass is 280 g/mol. The summed E-state index contributed by atoms with van der Waals surface area (Å²) < 4.78 is 16.4. The van der Waals surface area contributed by atoms with Crippen molar-refractivity contribution >= 4 is 0 Å². The van der Waals surface area contributed by atoms with Crippen molar-refractivity contribution < 1.29 is 13.9 Å². The van der Waals surface area contributed by atoms with Crippen molar-refractivity contribution in [3.05, 3.63) is 60.0 Å². The van der Waals surface area contributed by atoms with E-state index in [9.17, 15) is 0 Å². The van der Waals surface area contributed by atoms with E-state index in [1.165, 1.54) is 0 Å². The van der Waals surface area contributed by atoms with Gasteiger partial charge in [0.1, 0.15) is 0 Å². The Balaban J connectivity index is 1.59. The van der Waals surface area contributed by atoms with Gasteiger partial charge < -0.3 is 13.9 Å². The summed E-state index contributed by atoms with van der Waals surface area (Å²) in [5.41, 5.74) is 1.96. The molecule has 0 saturated carbocycles. The largest absolute Gasteiger partial charge is 0.454 e. The molecule has 0 fully saturated rings. The number of rotatable bonds is 3. The van der Waals surface area contributed by atoms with Crippen LogP contribution in [-0.4, -0.2) is 17.0 Å². The molecule has 0 unspecified atom stereocenters. The second-order valence-corrected chi connectivity index (χ2v) is 4.73. The lowest BCUT2D eigenvalue weighted by atomic mass is 10.1. The maximum absolute atomic E-state index is 5.71. The van der Waals surface area contributed by atoms with Gasteiger partial charge in [0.15, 0.2) is 11.5 Å². The van der Waals surface area contributed by atoms with Crippen molar-refractivity contribution in [3.8, 4) is 23.0 Å². The van der Waals surface area contributed by atoms with Gasteiger partial charge in [0.05, 0.1) is 6.42 Å². The molecule has 0 atom stereocenters. The predicted molar refractivity (Wildman–Crippen MR) is 75.1 cm³/mol. The Bertz CT molecular complexity index is 768. The van der Waals surface area contributed by atoms with Crippen LogP contribution >= 0.6 is 0 Å². The fraction of sp³-hybridized carbons (Fsp3) is 0.125. The Morgan fingerprint density at radius 1 is 0.905 bits per heavy atom. The number of hydrogen-bond acceptors (Lipinski definition) is 5. The van der Waals surface area contributed by atoms with Gasteiger partial charge in [-0.15, -0.1) is 10.2 Å². The van der Waals surface area contributed by atoms with Crippen LogP contribution in [0, 0.1) is 0 Å². The standard InChI is InChI=1S/C16H12N2O3/c1-2-4-11(5-3-1)8-15-17-18-16(21-15)12-6-7-13-14(9-12)20-10-19-13/h1-7,9H,8,10H2. The summed E-state index contributed by atoms with van der Waals surface area (Å²) in [6, 6.07) is 15.6. The molecule has 0 aliphatic carbocycles. The summed E-state index contributed by atoms with van der Waals surface area (Å²) in [6.45, 7) is 0.252. The number of fused-ring (bicyclic) bond motifs is 1. The van der Waals surface area contributed by atoms with Gasteiger partial charge in [-0.05, 0) is 23.8 Å². The molecule has 0 saturated heterocycles. The van der Waals surface area contributed by atoms with E-state index in [4.69, 9.17) is 13.9 Å². The molecule has 0 N–H and O–H groups in total. The van der Waals surface area contributed by atoms with Gasteiger partial charge in [-0.25, -0.2) is 0 Å². The molecule has 1 aliphatic rings. The highest BCUT2D eigenvalue weighted by Crippen LogP contribution is 2.35. The highest BCUT2D eigenvalue weighted by molar-refractivity contribution is 5.60. The zero-order valence-electron chi connectivity index (χ0n) is 11.2. The maximum atomic E-state index is 5.71. The van der Waals surface area contributed by atoms with Crippen molar-refractivity contribution in [3.63, 3.8) is 0 Å². The lowest BCUT2D eigenvalue weighted by Gasteiger charge is -1.98. The molecular weight excluding hydrogens is 268 g/mol. The first-order valence-corrected chi connectivity index (χ1v) is 6.65. The Morgan fingerprint density at radius 2 is 1.76 bits per heavy atom. The van der Waals surface area contributed by atoms with E-state index < -0.39 is 0 Å². The van der Waals surface area contributed by atoms with E-state index in [1.807, 2.05) is 48.5 Å². The molecule has 104 valence electrons. The zero-order valence-corrected chi connectivity index (χ0v) is 11.2. The van der Waals surface area contributed by atoms with Crippen LogP contribution in [0.15, 0.2) is 52.9 Å². The average molecular weight is 280 g/mol. The summed E-state index contributed by atoms with van der Waals surface area (Å²) in [7, 11) is 0. The Hall–Kier alpha value is -2.82. The first-order chi connectivity index (χ1) is 10.4. The van der Waals surface area contributed by atoms with Crippen LogP contribution in [-0.2, 0) is 6.42 Å². The molecule has 4 rings (SSSR count). The fourth-order valence-corrected chi connectivity index (χ4v) is 2.24. The van der Waals surface area contributed by atoms with Crippen molar-refractivity contribution in [1.82, 2.24) is 10.2 Å². The van der Waals surface area contributed by atoms with Crippen LogP contribution in [0.25, 0.3) is 11.5 Å². The third-order valence-corrected chi connectivity index (χ3v) is 3.28. The van der Waals surface area contributed by atoms with Gasteiger partial charge >= 0.3 is 0 Å². The molecule has 1 aromatic heterocycles. The van der Waals surface area contributed by atoms with Crippen LogP contribution in [0.1, 0.15) is 11.5 Å². The molecule has 21 heavy (non-hydrogen) atoms. The third-order valence-electron chi connectivity index (χ3n) is 3.28. The summed E-state index contributed by atoms with van der Waals surface area (Å²) in [4.78, 5) is 0. The lowest BCUT2D eigenvalue weighted by Crippen LogP contribution is -1.92. The highest BCUT2D eigenvalue weighted by Gasteiger charge is 2.16. The maximum Gasteiger partial charge on any atom is 0.247 e. The summed E-state index contributed by atoms with van der Waals surface area (Å²) >= 11 is 0. The smallest absolute Gasteiger partial charge is 0.247 e. The van der Waals surface area contributed by atoms with Crippen LogP contribution < -0.4 is 9.47 Å². The van der Waals surface area contributed by atoms with Gasteiger partial charge in [-0.2, -0.15) is 0 Å². The minimum Gasteiger partial charge on any atom is -0.454 e. The topological polar surface area (TPSA) is 57.4 Å².